The number of hydrogen-bond acceptors (Lipinski definition) is 3. The van der Waals surface area contributed by atoms with Crippen LogP contribution in [0.4, 0.5) is 20.2 Å². The van der Waals surface area contributed by atoms with Crippen molar-refractivity contribution in [3.8, 4) is 0 Å². The maximum Gasteiger partial charge on any atom is 0.238 e. The first-order chi connectivity index (χ1) is 14.5. The third-order valence-corrected chi connectivity index (χ3v) is 5.91. The number of carbonyl (C=O) groups is 2. The highest BCUT2D eigenvalue weighted by molar-refractivity contribution is 8.00. The Morgan fingerprint density at radius 1 is 1.03 bits per heavy atom. The molecule has 1 heterocycles. The van der Waals surface area contributed by atoms with Crippen molar-refractivity contribution in [1.82, 2.24) is 0 Å². The number of amides is 2. The Hall–Kier alpha value is -3.19. The fourth-order valence-corrected chi connectivity index (χ4v) is 4.52. The molecule has 7 heteroatoms. The Morgan fingerprint density at radius 3 is 2.60 bits per heavy atom. The Morgan fingerprint density at radius 2 is 1.83 bits per heavy atom. The molecule has 1 saturated heterocycles. The standard InChI is InChI=1S/C23H18F2N2O2S/c24-17-9-10-20(19(25)13-17)27-22(29)14-30-23(27)16-7-4-8-18(12-16)26-21(28)11-15-5-2-1-3-6-15/h1-10,12-13,23H,11,14H2,(H,26,28). The maximum absolute atomic E-state index is 14.3. The van der Waals surface area contributed by atoms with Crippen LogP contribution in [0.15, 0.2) is 72.8 Å². The predicted octanol–water partition coefficient (Wildman–Crippen LogP) is 4.92. The molecule has 1 N–H and O–H groups in total. The molecular weight excluding hydrogens is 406 g/mol. The number of nitrogens with zero attached hydrogens (tertiary/aromatic N) is 1. The summed E-state index contributed by atoms with van der Waals surface area (Å²) in [6.07, 6.45) is 0.245. The zero-order valence-electron chi connectivity index (χ0n) is 15.8. The molecule has 30 heavy (non-hydrogen) atoms. The summed E-state index contributed by atoms with van der Waals surface area (Å²) in [5.74, 6) is -1.71. The lowest BCUT2D eigenvalue weighted by Gasteiger charge is -2.25. The van der Waals surface area contributed by atoms with E-state index in [1.807, 2.05) is 36.4 Å². The fourth-order valence-electron chi connectivity index (χ4n) is 3.36. The molecule has 1 aliphatic rings. The van der Waals surface area contributed by atoms with Gasteiger partial charge in [0.1, 0.15) is 17.0 Å². The topological polar surface area (TPSA) is 49.4 Å². The minimum atomic E-state index is -0.789. The van der Waals surface area contributed by atoms with Gasteiger partial charge in [0.15, 0.2) is 0 Å². The quantitative estimate of drug-likeness (QED) is 0.632. The summed E-state index contributed by atoms with van der Waals surface area (Å²) < 4.78 is 27.6. The molecule has 0 aliphatic carbocycles. The number of halogens is 2. The summed E-state index contributed by atoms with van der Waals surface area (Å²) in [4.78, 5) is 26.1. The van der Waals surface area contributed by atoms with Crippen LogP contribution < -0.4 is 10.2 Å². The number of rotatable bonds is 5. The largest absolute Gasteiger partial charge is 0.326 e. The smallest absolute Gasteiger partial charge is 0.238 e. The minimum Gasteiger partial charge on any atom is -0.326 e. The van der Waals surface area contributed by atoms with Crippen molar-refractivity contribution in [2.75, 3.05) is 16.0 Å². The van der Waals surface area contributed by atoms with Gasteiger partial charge in [0, 0.05) is 11.8 Å². The highest BCUT2D eigenvalue weighted by atomic mass is 32.2. The molecule has 0 saturated carbocycles. The fraction of sp³-hybridized carbons (Fsp3) is 0.130. The molecule has 2 amide bonds. The van der Waals surface area contributed by atoms with Crippen LogP contribution in [0.3, 0.4) is 0 Å². The van der Waals surface area contributed by atoms with E-state index in [9.17, 15) is 18.4 Å². The van der Waals surface area contributed by atoms with E-state index < -0.39 is 17.0 Å². The molecule has 1 atom stereocenters. The Balaban J connectivity index is 1.55. The highest BCUT2D eigenvalue weighted by Gasteiger charge is 2.35. The summed E-state index contributed by atoms with van der Waals surface area (Å²) in [5, 5.41) is 2.39. The van der Waals surface area contributed by atoms with Crippen molar-refractivity contribution < 1.29 is 18.4 Å². The van der Waals surface area contributed by atoms with Crippen molar-refractivity contribution in [3.05, 3.63) is 95.6 Å². The molecule has 4 nitrogen and oxygen atoms in total. The van der Waals surface area contributed by atoms with E-state index in [4.69, 9.17) is 0 Å². The summed E-state index contributed by atoms with van der Waals surface area (Å²) in [7, 11) is 0. The van der Waals surface area contributed by atoms with E-state index >= 15 is 0 Å². The van der Waals surface area contributed by atoms with Crippen LogP contribution in [0.5, 0.6) is 0 Å². The molecular formula is C23H18F2N2O2S. The SMILES string of the molecule is O=C(Cc1ccccc1)Nc1cccc(C2SCC(=O)N2c2ccc(F)cc2F)c1. The van der Waals surface area contributed by atoms with Crippen molar-refractivity contribution in [1.29, 1.82) is 0 Å². The van der Waals surface area contributed by atoms with E-state index in [-0.39, 0.29) is 29.7 Å². The predicted molar refractivity (Wildman–Crippen MR) is 114 cm³/mol. The van der Waals surface area contributed by atoms with E-state index in [1.165, 1.54) is 22.7 Å². The third kappa shape index (κ3) is 4.36. The van der Waals surface area contributed by atoms with Gasteiger partial charge in [0.25, 0.3) is 0 Å². The lowest BCUT2D eigenvalue weighted by molar-refractivity contribution is -0.116. The lowest BCUT2D eigenvalue weighted by Crippen LogP contribution is -2.28. The molecule has 1 aliphatic heterocycles. The monoisotopic (exact) mass is 424 g/mol. The second kappa shape index (κ2) is 8.67. The molecule has 0 radical (unpaired) electrons. The molecule has 0 bridgehead atoms. The zero-order chi connectivity index (χ0) is 21.1. The van der Waals surface area contributed by atoms with Gasteiger partial charge in [-0.1, -0.05) is 42.5 Å². The second-order valence-electron chi connectivity index (χ2n) is 6.86. The maximum atomic E-state index is 14.3. The Labute approximate surface area is 176 Å². The molecule has 4 rings (SSSR count). The van der Waals surface area contributed by atoms with Gasteiger partial charge >= 0.3 is 0 Å². The van der Waals surface area contributed by atoms with Gasteiger partial charge in [-0.05, 0) is 35.4 Å². The number of nitrogens with one attached hydrogen (secondary N) is 1. The van der Waals surface area contributed by atoms with Crippen LogP contribution in [0.25, 0.3) is 0 Å². The lowest BCUT2D eigenvalue weighted by atomic mass is 10.1. The van der Waals surface area contributed by atoms with Crippen molar-refractivity contribution in [2.24, 2.45) is 0 Å². The van der Waals surface area contributed by atoms with Crippen molar-refractivity contribution >= 4 is 35.0 Å². The average Bonchev–Trinajstić information content (AvgIpc) is 3.10. The number of thioether (sulfide) groups is 1. The van der Waals surface area contributed by atoms with Crippen LogP contribution in [0.2, 0.25) is 0 Å². The van der Waals surface area contributed by atoms with Crippen LogP contribution in [0, 0.1) is 11.6 Å². The summed E-state index contributed by atoms with van der Waals surface area (Å²) in [5.41, 5.74) is 2.27. The highest BCUT2D eigenvalue weighted by Crippen LogP contribution is 2.43. The molecule has 3 aromatic rings. The number of benzene rings is 3. The number of hydrogen-bond donors (Lipinski definition) is 1. The van der Waals surface area contributed by atoms with Crippen LogP contribution in [-0.4, -0.2) is 17.6 Å². The summed E-state index contributed by atoms with van der Waals surface area (Å²) >= 11 is 1.35. The van der Waals surface area contributed by atoms with Gasteiger partial charge in [0.05, 0.1) is 17.9 Å². The Bertz CT molecular complexity index is 1090. The molecule has 0 spiro atoms. The minimum absolute atomic E-state index is 0.0370. The van der Waals surface area contributed by atoms with E-state index in [1.54, 1.807) is 18.2 Å². The van der Waals surface area contributed by atoms with E-state index in [0.717, 1.165) is 23.3 Å². The van der Waals surface area contributed by atoms with Crippen LogP contribution in [-0.2, 0) is 16.0 Å². The normalized spacial score (nSPS) is 16.0. The van der Waals surface area contributed by atoms with Crippen molar-refractivity contribution in [3.63, 3.8) is 0 Å². The molecule has 0 aromatic heterocycles. The molecule has 152 valence electrons. The zero-order valence-corrected chi connectivity index (χ0v) is 16.7. The summed E-state index contributed by atoms with van der Waals surface area (Å²) in [6, 6.07) is 19.7. The van der Waals surface area contributed by atoms with Gasteiger partial charge < -0.3 is 5.32 Å². The molecule has 1 fully saturated rings. The van der Waals surface area contributed by atoms with Gasteiger partial charge in [-0.25, -0.2) is 8.78 Å². The molecule has 1 unspecified atom stereocenters. The number of carbonyl (C=O) groups excluding carboxylic acids is 2. The first-order valence-corrected chi connectivity index (χ1v) is 10.4. The van der Waals surface area contributed by atoms with Crippen molar-refractivity contribution in [2.45, 2.75) is 11.8 Å². The number of anilines is 2. The molecule has 3 aromatic carbocycles. The van der Waals surface area contributed by atoms with Crippen LogP contribution >= 0.6 is 11.8 Å². The first-order valence-electron chi connectivity index (χ1n) is 9.34. The first kappa shape index (κ1) is 20.1. The van der Waals surface area contributed by atoms with Crippen LogP contribution in [0.1, 0.15) is 16.5 Å². The van der Waals surface area contributed by atoms with Gasteiger partial charge in [0.2, 0.25) is 11.8 Å². The van der Waals surface area contributed by atoms with E-state index in [0.29, 0.717) is 5.69 Å². The Kier molecular flexibility index (Phi) is 5.81. The average molecular weight is 424 g/mol. The summed E-state index contributed by atoms with van der Waals surface area (Å²) in [6.45, 7) is 0. The van der Waals surface area contributed by atoms with Gasteiger partial charge in [-0.15, -0.1) is 11.8 Å². The third-order valence-electron chi connectivity index (χ3n) is 4.70. The van der Waals surface area contributed by atoms with Gasteiger partial charge in [-0.3, -0.25) is 14.5 Å². The van der Waals surface area contributed by atoms with E-state index in [2.05, 4.69) is 5.32 Å². The van der Waals surface area contributed by atoms with Gasteiger partial charge in [-0.2, -0.15) is 0 Å². The second-order valence-corrected chi connectivity index (χ2v) is 7.93.